The Kier molecular flexibility index (Phi) is 12.3. The quantitative estimate of drug-likeness (QED) is 0.0903. The largest absolute Gasteiger partial charge is 0.339 e. The molecule has 0 N–H and O–H groups in total. The van der Waals surface area contributed by atoms with Gasteiger partial charge in [0, 0.05) is 31.4 Å². The highest BCUT2D eigenvalue weighted by molar-refractivity contribution is 7.79. The van der Waals surface area contributed by atoms with Gasteiger partial charge in [-0.2, -0.15) is 0 Å². The van der Waals surface area contributed by atoms with E-state index in [0.717, 1.165) is 19.0 Å². The molecule has 0 bridgehead atoms. The highest BCUT2D eigenvalue weighted by Crippen LogP contribution is 2.14. The molecule has 7 rings (SSSR count). The van der Waals surface area contributed by atoms with Gasteiger partial charge in [0.2, 0.25) is 6.71 Å². The lowest BCUT2D eigenvalue weighted by molar-refractivity contribution is 0.862. The Morgan fingerprint density at radius 3 is 1.34 bits per heavy atom. The highest BCUT2D eigenvalue weighted by Gasteiger charge is 2.40. The zero-order valence-corrected chi connectivity index (χ0v) is 30.6. The number of hydrogen-bond donors (Lipinski definition) is 0. The van der Waals surface area contributed by atoms with E-state index in [1.807, 2.05) is 12.5 Å². The Hall–Kier alpha value is -5.01. The third-order valence-electron chi connectivity index (χ3n) is 9.12. The second-order valence-electron chi connectivity index (χ2n) is 12.3. The number of imidazole rings is 1. The molecule has 1 heterocycles. The van der Waals surface area contributed by atoms with E-state index < -0.39 is 8.07 Å². The zero-order valence-electron chi connectivity index (χ0n) is 28.0. The van der Waals surface area contributed by atoms with Crippen molar-refractivity contribution in [2.75, 3.05) is 0 Å². The van der Waals surface area contributed by atoms with Crippen molar-refractivity contribution in [2.24, 2.45) is 0 Å². The third kappa shape index (κ3) is 8.40. The predicted molar refractivity (Wildman–Crippen MR) is 225 cm³/mol. The summed E-state index contributed by atoms with van der Waals surface area (Å²) in [6.07, 6.45) is 8.30. The molecule has 6 heteroatoms. The van der Waals surface area contributed by atoms with Gasteiger partial charge in [-0.05, 0) is 37.4 Å². The van der Waals surface area contributed by atoms with Gasteiger partial charge < -0.3 is 4.57 Å². The maximum absolute atomic E-state index is 5.16. The van der Waals surface area contributed by atoms with Crippen molar-refractivity contribution in [3.63, 3.8) is 0 Å². The summed E-state index contributed by atoms with van der Waals surface area (Å²) in [7, 11) is -2.42. The van der Waals surface area contributed by atoms with Gasteiger partial charge in [-0.3, -0.25) is 0 Å². The van der Waals surface area contributed by atoms with Crippen molar-refractivity contribution in [2.45, 2.75) is 19.0 Å². The van der Waals surface area contributed by atoms with Gasteiger partial charge >= 0.3 is 0 Å². The molecule has 0 fully saturated rings. The average Bonchev–Trinajstić information content (AvgIpc) is 3.70. The third-order valence-corrected chi connectivity index (χ3v) is 14.2. The van der Waals surface area contributed by atoms with Gasteiger partial charge in [0.1, 0.15) is 0 Å². The molecule has 2 nitrogen and oxygen atoms in total. The second kappa shape index (κ2) is 17.6. The van der Waals surface area contributed by atoms with E-state index in [2.05, 4.69) is 186 Å². The lowest BCUT2D eigenvalue weighted by Gasteiger charge is -2.34. The van der Waals surface area contributed by atoms with Crippen LogP contribution in [-0.4, -0.2) is 35.1 Å². The summed E-state index contributed by atoms with van der Waals surface area (Å²) in [6, 6.07) is 60.9. The minimum Gasteiger partial charge on any atom is -0.339 e. The number of rotatable bonds is 12. The monoisotopic (exact) mass is 698 g/mol. The first-order chi connectivity index (χ1) is 24.7. The van der Waals surface area contributed by atoms with Crippen molar-refractivity contribution in [1.82, 2.24) is 9.55 Å². The van der Waals surface area contributed by atoms with Crippen LogP contribution in [0.2, 0.25) is 0 Å². The van der Waals surface area contributed by atoms with Crippen LogP contribution < -0.4 is 31.9 Å². The Labute approximate surface area is 308 Å². The molecule has 0 aliphatic rings. The molecule has 1 aromatic heterocycles. The van der Waals surface area contributed by atoms with E-state index in [-0.39, 0.29) is 0 Å². The van der Waals surface area contributed by atoms with E-state index in [1.165, 1.54) is 43.1 Å². The summed E-state index contributed by atoms with van der Waals surface area (Å²) in [6.45, 7) is 0.309. The molecule has 6 aromatic carbocycles. The van der Waals surface area contributed by atoms with E-state index in [4.69, 9.17) is 24.4 Å². The van der Waals surface area contributed by atoms with Crippen LogP contribution in [-0.2, 0) is 19.0 Å². The Bertz CT molecular complexity index is 1930. The average molecular weight is 699 g/mol. The van der Waals surface area contributed by atoms with Gasteiger partial charge in [0.05, 0.1) is 6.33 Å². The number of aromatic nitrogens is 2. The van der Waals surface area contributed by atoms with Gasteiger partial charge in [-0.25, -0.2) is 4.98 Å². The molecular weight excluding hydrogens is 660 g/mol. The SMILES string of the molecule is S=CCc1cccc([Si](Cn2ccnc2)(c2ccccc2)c2cccc(CC=S)c2)c1.c1ccc(B(c2ccccc2)c2ccccc2)cc1. The second-order valence-corrected chi connectivity index (χ2v) is 16.8. The summed E-state index contributed by atoms with van der Waals surface area (Å²) in [5.41, 5.74) is 6.50. The topological polar surface area (TPSA) is 17.8 Å². The van der Waals surface area contributed by atoms with Crippen molar-refractivity contribution in [3.05, 3.63) is 200 Å². The van der Waals surface area contributed by atoms with Crippen LogP contribution in [0.15, 0.2) is 189 Å². The standard InChI is InChI=1S/C26H24N2S2Si.C18H15B/c29-16-12-22-6-4-10-25(18-22)31(21-28-15-14-27-20-28,24-8-2-1-3-9-24)26-11-5-7-23(19-26)13-17-30;1-4-10-16(11-5-1)19(17-12-6-2-7-13-17)18-14-8-3-9-15-18/h1-11,14-20H,12-13,21H2;1-15H. The van der Waals surface area contributed by atoms with Crippen LogP contribution in [0.1, 0.15) is 11.1 Å². The number of hydrogen-bond acceptors (Lipinski definition) is 3. The summed E-state index contributed by atoms with van der Waals surface area (Å²) in [4.78, 5) is 4.33. The van der Waals surface area contributed by atoms with Crippen molar-refractivity contribution < 1.29 is 0 Å². The van der Waals surface area contributed by atoms with Crippen molar-refractivity contribution in [3.8, 4) is 0 Å². The fourth-order valence-corrected chi connectivity index (χ4v) is 11.8. The minimum atomic E-state index is -2.42. The molecule has 0 radical (unpaired) electrons. The number of benzene rings is 6. The first-order valence-electron chi connectivity index (χ1n) is 16.9. The first kappa shape index (κ1) is 34.8. The molecule has 0 spiro atoms. The molecule has 7 aromatic rings. The summed E-state index contributed by atoms with van der Waals surface area (Å²) < 4.78 is 2.22. The fourth-order valence-electron chi connectivity index (χ4n) is 6.78. The van der Waals surface area contributed by atoms with Gasteiger partial charge in [0.15, 0.2) is 8.07 Å². The van der Waals surface area contributed by atoms with Crippen LogP contribution >= 0.6 is 24.4 Å². The Morgan fingerprint density at radius 1 is 0.520 bits per heavy atom. The van der Waals surface area contributed by atoms with Crippen molar-refractivity contribution in [1.29, 1.82) is 0 Å². The molecular formula is C44H39BN2S2Si. The van der Waals surface area contributed by atoms with Crippen LogP contribution in [0.5, 0.6) is 0 Å². The molecule has 0 unspecified atom stereocenters. The Balaban J connectivity index is 0.000000194. The van der Waals surface area contributed by atoms with Crippen LogP contribution in [0.3, 0.4) is 0 Å². The number of thiocarbonyl (C=S) groups is 2. The predicted octanol–water partition coefficient (Wildman–Crippen LogP) is 5.88. The normalized spacial score (nSPS) is 10.8. The summed E-state index contributed by atoms with van der Waals surface area (Å²) >= 11 is 10.3. The fraction of sp³-hybridized carbons (Fsp3) is 0.0682. The van der Waals surface area contributed by atoms with E-state index in [0.29, 0.717) is 6.71 Å². The molecule has 50 heavy (non-hydrogen) atoms. The molecule has 0 atom stereocenters. The summed E-state index contributed by atoms with van der Waals surface area (Å²) in [5.74, 6) is 0. The van der Waals surface area contributed by atoms with Crippen LogP contribution in [0, 0.1) is 0 Å². The van der Waals surface area contributed by atoms with Gasteiger partial charge in [0.25, 0.3) is 0 Å². The molecule has 0 saturated carbocycles. The van der Waals surface area contributed by atoms with Crippen LogP contribution in [0.4, 0.5) is 0 Å². The molecule has 0 aliphatic heterocycles. The van der Waals surface area contributed by atoms with Gasteiger partial charge in [-0.1, -0.05) is 211 Å². The molecule has 0 aliphatic carbocycles. The van der Waals surface area contributed by atoms with Gasteiger partial charge in [-0.15, -0.1) is 0 Å². The van der Waals surface area contributed by atoms with E-state index in [9.17, 15) is 0 Å². The van der Waals surface area contributed by atoms with E-state index >= 15 is 0 Å². The maximum atomic E-state index is 5.16. The molecule has 244 valence electrons. The first-order valence-corrected chi connectivity index (χ1v) is 20.1. The maximum Gasteiger partial charge on any atom is 0.241 e. The molecule has 0 saturated heterocycles. The van der Waals surface area contributed by atoms with Crippen LogP contribution in [0.25, 0.3) is 0 Å². The lowest BCUT2D eigenvalue weighted by Crippen LogP contribution is -2.69. The molecule has 0 amide bonds. The smallest absolute Gasteiger partial charge is 0.241 e. The minimum absolute atomic E-state index is 0.309. The van der Waals surface area contributed by atoms with E-state index in [1.54, 1.807) is 10.7 Å². The zero-order chi connectivity index (χ0) is 34.4. The van der Waals surface area contributed by atoms with Crippen molar-refractivity contribution >= 4 is 81.9 Å². The summed E-state index contributed by atoms with van der Waals surface area (Å²) in [5, 5.41) is 7.74. The Morgan fingerprint density at radius 2 is 0.940 bits per heavy atom. The highest BCUT2D eigenvalue weighted by atomic mass is 32.1. The number of nitrogens with zero attached hydrogens (tertiary/aromatic N) is 2. The lowest BCUT2D eigenvalue weighted by atomic mass is 9.37.